The van der Waals surface area contributed by atoms with E-state index in [-0.39, 0.29) is 0 Å². The Bertz CT molecular complexity index is 295. The van der Waals surface area contributed by atoms with Crippen molar-refractivity contribution in [3.8, 4) is 0 Å². The third-order valence-corrected chi connectivity index (χ3v) is 6.50. The summed E-state index contributed by atoms with van der Waals surface area (Å²) in [7, 11) is 0. The molecule has 116 valence electrons. The summed E-state index contributed by atoms with van der Waals surface area (Å²) in [5.74, 6) is 0. The molecule has 3 rings (SSSR count). The van der Waals surface area contributed by atoms with E-state index in [9.17, 15) is 0 Å². The van der Waals surface area contributed by atoms with Crippen molar-refractivity contribution in [2.75, 3.05) is 13.1 Å². The predicted octanol–water partition coefficient (Wildman–Crippen LogP) is 3.95. The molecule has 2 unspecified atom stereocenters. The van der Waals surface area contributed by atoms with Gasteiger partial charge in [-0.1, -0.05) is 26.7 Å². The highest BCUT2D eigenvalue weighted by Crippen LogP contribution is 2.45. The SMILES string of the molecule is CCCNC1CC2CCC(C1)N2CC1(CC)CCCC1. The van der Waals surface area contributed by atoms with Crippen LogP contribution in [-0.4, -0.2) is 36.1 Å². The van der Waals surface area contributed by atoms with E-state index in [2.05, 4.69) is 24.1 Å². The lowest BCUT2D eigenvalue weighted by Gasteiger charge is -2.44. The Morgan fingerprint density at radius 2 is 1.70 bits per heavy atom. The minimum absolute atomic E-state index is 0.685. The van der Waals surface area contributed by atoms with Crippen molar-refractivity contribution in [2.24, 2.45) is 5.41 Å². The summed E-state index contributed by atoms with van der Waals surface area (Å²) in [5.41, 5.74) is 0.685. The minimum atomic E-state index is 0.685. The fraction of sp³-hybridized carbons (Fsp3) is 1.00. The van der Waals surface area contributed by atoms with Crippen LogP contribution >= 0.6 is 0 Å². The van der Waals surface area contributed by atoms with Crippen LogP contribution in [0.3, 0.4) is 0 Å². The first-order valence-corrected chi connectivity index (χ1v) is 9.25. The van der Waals surface area contributed by atoms with E-state index in [0.717, 1.165) is 18.1 Å². The monoisotopic (exact) mass is 278 g/mol. The third-order valence-electron chi connectivity index (χ3n) is 6.50. The predicted molar refractivity (Wildman–Crippen MR) is 86.0 cm³/mol. The third kappa shape index (κ3) is 2.92. The quantitative estimate of drug-likeness (QED) is 0.791. The molecular formula is C18H34N2. The second kappa shape index (κ2) is 6.36. The van der Waals surface area contributed by atoms with Crippen LogP contribution in [0.5, 0.6) is 0 Å². The van der Waals surface area contributed by atoms with Gasteiger partial charge < -0.3 is 5.32 Å². The zero-order valence-electron chi connectivity index (χ0n) is 13.7. The molecule has 0 radical (unpaired) electrons. The average molecular weight is 278 g/mol. The highest BCUT2D eigenvalue weighted by atomic mass is 15.2. The Kier molecular flexibility index (Phi) is 4.72. The molecule has 0 spiro atoms. The summed E-state index contributed by atoms with van der Waals surface area (Å²) < 4.78 is 0. The summed E-state index contributed by atoms with van der Waals surface area (Å²) >= 11 is 0. The smallest absolute Gasteiger partial charge is 0.0114 e. The first-order valence-electron chi connectivity index (χ1n) is 9.25. The Labute approximate surface area is 125 Å². The molecular weight excluding hydrogens is 244 g/mol. The lowest BCUT2D eigenvalue weighted by Crippen LogP contribution is -2.52. The van der Waals surface area contributed by atoms with Crippen molar-refractivity contribution in [1.29, 1.82) is 0 Å². The Morgan fingerprint density at radius 1 is 1.05 bits per heavy atom. The van der Waals surface area contributed by atoms with Crippen molar-refractivity contribution in [3.63, 3.8) is 0 Å². The van der Waals surface area contributed by atoms with Gasteiger partial charge in [-0.15, -0.1) is 0 Å². The number of nitrogens with zero attached hydrogens (tertiary/aromatic N) is 1. The number of fused-ring (bicyclic) bond motifs is 2. The molecule has 0 aromatic rings. The summed E-state index contributed by atoms with van der Waals surface area (Å²) in [6.45, 7) is 7.34. The Balaban J connectivity index is 1.59. The van der Waals surface area contributed by atoms with Gasteiger partial charge in [-0.2, -0.15) is 0 Å². The van der Waals surface area contributed by atoms with Crippen molar-refractivity contribution in [1.82, 2.24) is 10.2 Å². The molecule has 2 aliphatic heterocycles. The molecule has 0 aromatic carbocycles. The van der Waals surface area contributed by atoms with Crippen molar-refractivity contribution in [3.05, 3.63) is 0 Å². The normalized spacial score (nSPS) is 36.6. The number of nitrogens with one attached hydrogen (secondary N) is 1. The zero-order valence-corrected chi connectivity index (χ0v) is 13.7. The van der Waals surface area contributed by atoms with Crippen LogP contribution in [0.4, 0.5) is 0 Å². The van der Waals surface area contributed by atoms with Gasteiger partial charge in [0.05, 0.1) is 0 Å². The molecule has 0 amide bonds. The lowest BCUT2D eigenvalue weighted by molar-refractivity contribution is 0.0601. The molecule has 3 aliphatic rings. The van der Waals surface area contributed by atoms with Gasteiger partial charge in [0, 0.05) is 24.7 Å². The molecule has 2 nitrogen and oxygen atoms in total. The molecule has 2 heteroatoms. The fourth-order valence-electron chi connectivity index (χ4n) is 5.18. The van der Waals surface area contributed by atoms with Gasteiger partial charge in [0.25, 0.3) is 0 Å². The lowest BCUT2D eigenvalue weighted by atomic mass is 9.81. The number of hydrogen-bond donors (Lipinski definition) is 1. The van der Waals surface area contributed by atoms with Gasteiger partial charge in [0.1, 0.15) is 0 Å². The van der Waals surface area contributed by atoms with Gasteiger partial charge in [0.2, 0.25) is 0 Å². The molecule has 0 aromatic heterocycles. The van der Waals surface area contributed by atoms with Crippen LogP contribution in [0, 0.1) is 5.41 Å². The molecule has 1 saturated carbocycles. The van der Waals surface area contributed by atoms with Gasteiger partial charge in [-0.25, -0.2) is 0 Å². The summed E-state index contributed by atoms with van der Waals surface area (Å²) in [4.78, 5) is 2.94. The van der Waals surface area contributed by atoms with E-state index in [1.54, 1.807) is 0 Å². The molecule has 20 heavy (non-hydrogen) atoms. The van der Waals surface area contributed by atoms with Crippen LogP contribution < -0.4 is 5.32 Å². The summed E-state index contributed by atoms with van der Waals surface area (Å²) in [6, 6.07) is 2.60. The Morgan fingerprint density at radius 3 is 2.25 bits per heavy atom. The molecule has 2 atom stereocenters. The van der Waals surface area contributed by atoms with Crippen molar-refractivity contribution in [2.45, 2.75) is 96.2 Å². The largest absolute Gasteiger partial charge is 0.314 e. The molecule has 2 bridgehead atoms. The highest BCUT2D eigenvalue weighted by Gasteiger charge is 2.44. The van der Waals surface area contributed by atoms with Crippen LogP contribution in [0.25, 0.3) is 0 Å². The number of rotatable bonds is 6. The van der Waals surface area contributed by atoms with Crippen LogP contribution in [0.15, 0.2) is 0 Å². The van der Waals surface area contributed by atoms with E-state index in [1.807, 2.05) is 0 Å². The van der Waals surface area contributed by atoms with Gasteiger partial charge >= 0.3 is 0 Å². The minimum Gasteiger partial charge on any atom is -0.314 e. The summed E-state index contributed by atoms with van der Waals surface area (Å²) in [6.07, 6.45) is 14.4. The standard InChI is InChI=1S/C18H34N2/c1-3-11-19-15-12-16-7-8-17(13-15)20(16)14-18(4-2)9-5-6-10-18/h15-17,19H,3-14H2,1-2H3. The van der Waals surface area contributed by atoms with Crippen molar-refractivity contribution >= 4 is 0 Å². The van der Waals surface area contributed by atoms with Crippen LogP contribution in [0.2, 0.25) is 0 Å². The van der Waals surface area contributed by atoms with Crippen molar-refractivity contribution < 1.29 is 0 Å². The number of piperidine rings is 1. The molecule has 1 N–H and O–H groups in total. The molecule has 2 saturated heterocycles. The summed E-state index contributed by atoms with van der Waals surface area (Å²) in [5, 5.41) is 3.78. The second-order valence-corrected chi connectivity index (χ2v) is 7.74. The van der Waals surface area contributed by atoms with E-state index in [1.165, 1.54) is 77.3 Å². The Hall–Kier alpha value is -0.0800. The zero-order chi connectivity index (χ0) is 14.0. The van der Waals surface area contributed by atoms with E-state index < -0.39 is 0 Å². The van der Waals surface area contributed by atoms with Crippen LogP contribution in [-0.2, 0) is 0 Å². The van der Waals surface area contributed by atoms with Gasteiger partial charge in [0.15, 0.2) is 0 Å². The maximum Gasteiger partial charge on any atom is 0.0114 e. The van der Waals surface area contributed by atoms with Gasteiger partial charge in [-0.3, -0.25) is 4.90 Å². The molecule has 2 heterocycles. The number of hydrogen-bond acceptors (Lipinski definition) is 2. The topological polar surface area (TPSA) is 15.3 Å². The van der Waals surface area contributed by atoms with E-state index in [4.69, 9.17) is 0 Å². The van der Waals surface area contributed by atoms with E-state index in [0.29, 0.717) is 5.41 Å². The molecule has 3 fully saturated rings. The maximum absolute atomic E-state index is 3.78. The fourth-order valence-corrected chi connectivity index (χ4v) is 5.18. The highest BCUT2D eigenvalue weighted by molar-refractivity contribution is 5.00. The first kappa shape index (κ1) is 14.8. The molecule has 1 aliphatic carbocycles. The maximum atomic E-state index is 3.78. The first-order chi connectivity index (χ1) is 9.76. The van der Waals surface area contributed by atoms with Gasteiger partial charge in [-0.05, 0) is 63.3 Å². The van der Waals surface area contributed by atoms with E-state index >= 15 is 0 Å². The second-order valence-electron chi connectivity index (χ2n) is 7.74. The van der Waals surface area contributed by atoms with Crippen LogP contribution in [0.1, 0.15) is 78.1 Å². The average Bonchev–Trinajstić information content (AvgIpc) is 3.01.